The van der Waals surface area contributed by atoms with Crippen LogP contribution in [0.5, 0.6) is 5.75 Å². The van der Waals surface area contributed by atoms with Crippen LogP contribution < -0.4 is 4.74 Å². The fourth-order valence-corrected chi connectivity index (χ4v) is 3.60. The van der Waals surface area contributed by atoms with Crippen molar-refractivity contribution in [2.24, 2.45) is 5.92 Å². The molecule has 6 nitrogen and oxygen atoms in total. The summed E-state index contributed by atoms with van der Waals surface area (Å²) in [4.78, 5) is 21.6. The summed E-state index contributed by atoms with van der Waals surface area (Å²) >= 11 is 0. The lowest BCUT2D eigenvalue weighted by molar-refractivity contribution is -0.134. The van der Waals surface area contributed by atoms with Gasteiger partial charge in [-0.15, -0.1) is 0 Å². The summed E-state index contributed by atoms with van der Waals surface area (Å²) in [7, 11) is 0. The van der Waals surface area contributed by atoms with Crippen LogP contribution in [0.2, 0.25) is 0 Å². The van der Waals surface area contributed by atoms with E-state index in [1.807, 2.05) is 0 Å². The lowest BCUT2D eigenvalue weighted by atomic mass is 9.86. The molecule has 2 aromatic carbocycles. The first-order valence-corrected chi connectivity index (χ1v) is 9.03. The maximum atomic E-state index is 9.55. The van der Waals surface area contributed by atoms with Crippen LogP contribution in [0.25, 0.3) is 10.8 Å². The van der Waals surface area contributed by atoms with Crippen molar-refractivity contribution in [1.29, 1.82) is 0 Å². The predicted octanol–water partition coefficient (Wildman–Crippen LogP) is 3.02. The lowest BCUT2D eigenvalue weighted by Crippen LogP contribution is -2.52. The van der Waals surface area contributed by atoms with Gasteiger partial charge in [0.15, 0.2) is 0 Å². The molecule has 142 valence electrons. The van der Waals surface area contributed by atoms with Crippen LogP contribution in [0, 0.1) is 5.92 Å². The summed E-state index contributed by atoms with van der Waals surface area (Å²) in [6, 6.07) is 14.9. The first-order chi connectivity index (χ1) is 13.0. The van der Waals surface area contributed by atoms with Crippen LogP contribution in [-0.2, 0) is 9.59 Å². The van der Waals surface area contributed by atoms with Gasteiger partial charge in [-0.2, -0.15) is 0 Å². The maximum Gasteiger partial charge on any atom is 0.328 e. The molecule has 1 unspecified atom stereocenters. The second kappa shape index (κ2) is 8.68. The van der Waals surface area contributed by atoms with Crippen molar-refractivity contribution >= 4 is 22.7 Å². The van der Waals surface area contributed by atoms with Gasteiger partial charge in [0.1, 0.15) is 11.9 Å². The van der Waals surface area contributed by atoms with Crippen LogP contribution >= 0.6 is 0 Å². The summed E-state index contributed by atoms with van der Waals surface area (Å²) in [5, 5.41) is 18.2. The van der Waals surface area contributed by atoms with E-state index in [4.69, 9.17) is 14.9 Å². The maximum absolute atomic E-state index is 9.55. The number of carboxylic acids is 2. The van der Waals surface area contributed by atoms with Crippen molar-refractivity contribution in [1.82, 2.24) is 4.90 Å². The highest BCUT2D eigenvalue weighted by atomic mass is 16.5. The molecule has 0 radical (unpaired) electrons. The number of ether oxygens (including phenoxy) is 1. The highest BCUT2D eigenvalue weighted by molar-refractivity contribution is 5.89. The second-order valence-electron chi connectivity index (χ2n) is 6.81. The number of aliphatic carboxylic acids is 2. The third kappa shape index (κ3) is 5.31. The SMILES string of the molecule is O=C(O)/C=C/C(=O)O.c1ccc2cc(OC3CN4CCC3CC4)ccc2c1. The molecule has 3 aliphatic rings. The van der Waals surface area contributed by atoms with E-state index in [1.54, 1.807) is 0 Å². The molecule has 3 saturated heterocycles. The molecule has 0 aliphatic carbocycles. The number of piperidine rings is 3. The first kappa shape index (κ1) is 18.9. The smallest absolute Gasteiger partial charge is 0.328 e. The van der Waals surface area contributed by atoms with Gasteiger partial charge in [-0.3, -0.25) is 4.90 Å². The average molecular weight is 369 g/mol. The molecule has 6 heteroatoms. The number of hydrogen-bond donors (Lipinski definition) is 2. The summed E-state index contributed by atoms with van der Waals surface area (Å²) in [6.45, 7) is 3.64. The first-order valence-electron chi connectivity index (χ1n) is 9.03. The van der Waals surface area contributed by atoms with Crippen LogP contribution in [0.15, 0.2) is 54.6 Å². The van der Waals surface area contributed by atoms with E-state index in [0.717, 1.165) is 18.2 Å². The van der Waals surface area contributed by atoms with E-state index in [0.29, 0.717) is 18.3 Å². The van der Waals surface area contributed by atoms with Crippen LogP contribution in [0.3, 0.4) is 0 Å². The summed E-state index contributed by atoms with van der Waals surface area (Å²) < 4.78 is 6.26. The Hall–Kier alpha value is -2.86. The van der Waals surface area contributed by atoms with Gasteiger partial charge in [0.25, 0.3) is 0 Å². The topological polar surface area (TPSA) is 87.1 Å². The molecule has 2 bridgehead atoms. The zero-order valence-corrected chi connectivity index (χ0v) is 15.0. The molecule has 2 aromatic rings. The molecule has 27 heavy (non-hydrogen) atoms. The molecule has 0 spiro atoms. The highest BCUT2D eigenvalue weighted by Gasteiger charge is 2.35. The van der Waals surface area contributed by atoms with Gasteiger partial charge in [0.05, 0.1) is 0 Å². The third-order valence-electron chi connectivity index (χ3n) is 4.97. The number of hydrogen-bond acceptors (Lipinski definition) is 4. The van der Waals surface area contributed by atoms with Gasteiger partial charge < -0.3 is 14.9 Å². The Morgan fingerprint density at radius 2 is 1.59 bits per heavy atom. The Morgan fingerprint density at radius 3 is 2.15 bits per heavy atom. The van der Waals surface area contributed by atoms with Gasteiger partial charge in [-0.05, 0) is 54.8 Å². The minimum absolute atomic E-state index is 0.392. The standard InChI is InChI=1S/C17H19NO.C4H4O4/c1-2-4-15-11-16(6-5-13(15)3-1)19-17-12-18-9-7-14(17)8-10-18;5-3(6)1-2-4(7)8/h1-6,11,14,17H,7-10,12H2;1-2H,(H,5,6)(H,7,8)/b;2-1+. The van der Waals surface area contributed by atoms with Gasteiger partial charge in [-0.1, -0.05) is 30.3 Å². The van der Waals surface area contributed by atoms with Gasteiger partial charge in [0.2, 0.25) is 0 Å². The van der Waals surface area contributed by atoms with Crippen molar-refractivity contribution in [2.45, 2.75) is 18.9 Å². The van der Waals surface area contributed by atoms with Crippen molar-refractivity contribution in [3.05, 3.63) is 54.6 Å². The molecule has 1 atom stereocenters. The quantitative estimate of drug-likeness (QED) is 0.806. The van der Waals surface area contributed by atoms with Gasteiger partial charge >= 0.3 is 11.9 Å². The van der Waals surface area contributed by atoms with E-state index >= 15 is 0 Å². The Balaban J connectivity index is 0.000000226. The Morgan fingerprint density at radius 1 is 0.963 bits per heavy atom. The second-order valence-corrected chi connectivity index (χ2v) is 6.81. The minimum Gasteiger partial charge on any atom is -0.489 e. The number of fused-ring (bicyclic) bond motifs is 4. The van der Waals surface area contributed by atoms with Crippen molar-refractivity contribution < 1.29 is 24.5 Å². The zero-order chi connectivity index (χ0) is 19.2. The molecule has 0 saturated carbocycles. The number of nitrogens with zero attached hydrogens (tertiary/aromatic N) is 1. The average Bonchev–Trinajstić information content (AvgIpc) is 2.68. The predicted molar refractivity (Wildman–Crippen MR) is 102 cm³/mol. The van der Waals surface area contributed by atoms with Crippen molar-refractivity contribution in [2.75, 3.05) is 19.6 Å². The van der Waals surface area contributed by atoms with Crippen molar-refractivity contribution in [3.63, 3.8) is 0 Å². The monoisotopic (exact) mass is 369 g/mol. The minimum atomic E-state index is -1.26. The zero-order valence-electron chi connectivity index (χ0n) is 15.0. The van der Waals surface area contributed by atoms with Crippen LogP contribution in [-0.4, -0.2) is 52.8 Å². The summed E-state index contributed by atoms with van der Waals surface area (Å²) in [5.74, 6) is -0.728. The van der Waals surface area contributed by atoms with E-state index in [1.165, 1.54) is 36.7 Å². The van der Waals surface area contributed by atoms with Gasteiger partial charge in [0, 0.05) is 18.7 Å². The van der Waals surface area contributed by atoms with Crippen LogP contribution in [0.4, 0.5) is 0 Å². The van der Waals surface area contributed by atoms with Gasteiger partial charge in [-0.25, -0.2) is 9.59 Å². The fraction of sp³-hybridized carbons (Fsp3) is 0.333. The molecule has 2 N–H and O–H groups in total. The number of rotatable bonds is 4. The van der Waals surface area contributed by atoms with E-state index in [2.05, 4.69) is 47.4 Å². The molecule has 5 rings (SSSR count). The molecule has 3 heterocycles. The fourth-order valence-electron chi connectivity index (χ4n) is 3.60. The molecular formula is C21H23NO5. The number of benzene rings is 2. The lowest BCUT2D eigenvalue weighted by Gasteiger charge is -2.44. The molecule has 3 fully saturated rings. The normalized spacial score (nSPS) is 23.6. The van der Waals surface area contributed by atoms with E-state index in [9.17, 15) is 9.59 Å². The number of carboxylic acid groups (broad SMARTS) is 2. The third-order valence-corrected chi connectivity index (χ3v) is 4.97. The Labute approximate surface area is 157 Å². The highest BCUT2D eigenvalue weighted by Crippen LogP contribution is 2.31. The summed E-state index contributed by atoms with van der Waals surface area (Å²) in [5.41, 5.74) is 0. The largest absolute Gasteiger partial charge is 0.489 e. The van der Waals surface area contributed by atoms with E-state index < -0.39 is 11.9 Å². The molecular weight excluding hydrogens is 346 g/mol. The Bertz CT molecular complexity index is 823. The number of carbonyl (C=O) groups is 2. The summed E-state index contributed by atoms with van der Waals surface area (Å²) in [6.07, 6.45) is 4.12. The van der Waals surface area contributed by atoms with E-state index in [-0.39, 0.29) is 0 Å². The Kier molecular flexibility index (Phi) is 6.08. The molecule has 0 aromatic heterocycles. The molecule has 3 aliphatic heterocycles. The van der Waals surface area contributed by atoms with Crippen molar-refractivity contribution in [3.8, 4) is 5.75 Å². The van der Waals surface area contributed by atoms with Crippen LogP contribution in [0.1, 0.15) is 12.8 Å². The molecule has 0 amide bonds.